The van der Waals surface area contributed by atoms with E-state index in [1.54, 1.807) is 0 Å². The van der Waals surface area contributed by atoms with Gasteiger partial charge < -0.3 is 11.1 Å². The first-order valence-electron chi connectivity index (χ1n) is 7.40. The van der Waals surface area contributed by atoms with Gasteiger partial charge in [0.2, 0.25) is 5.91 Å². The van der Waals surface area contributed by atoms with Crippen LogP contribution in [0, 0.1) is 5.92 Å². The van der Waals surface area contributed by atoms with Gasteiger partial charge in [0.1, 0.15) is 0 Å². The predicted molar refractivity (Wildman–Crippen MR) is 82.1 cm³/mol. The number of nitrogens with one attached hydrogen (secondary N) is 1. The Bertz CT molecular complexity index is 455. The molecule has 1 aromatic rings. The highest BCUT2D eigenvalue weighted by Crippen LogP contribution is 2.27. The molecule has 0 spiro atoms. The van der Waals surface area contributed by atoms with Crippen LogP contribution in [0.25, 0.3) is 0 Å². The smallest absolute Gasteiger partial charge is 0.234 e. The van der Waals surface area contributed by atoms with E-state index in [1.165, 1.54) is 12.8 Å². The molecule has 0 aromatic heterocycles. The number of amides is 1. The van der Waals surface area contributed by atoms with E-state index < -0.39 is 0 Å². The maximum Gasteiger partial charge on any atom is 0.234 e. The third-order valence-electron chi connectivity index (χ3n) is 3.79. The quantitative estimate of drug-likeness (QED) is 0.748. The van der Waals surface area contributed by atoms with Crippen molar-refractivity contribution in [3.05, 3.63) is 29.8 Å². The maximum absolute atomic E-state index is 12.0. The fourth-order valence-corrected chi connectivity index (χ4v) is 2.14. The topological polar surface area (TPSA) is 58.4 Å². The van der Waals surface area contributed by atoms with Gasteiger partial charge in [-0.15, -0.1) is 0 Å². The maximum atomic E-state index is 12.0. The first kappa shape index (κ1) is 14.9. The van der Waals surface area contributed by atoms with Crippen molar-refractivity contribution in [1.82, 2.24) is 10.2 Å². The lowest BCUT2D eigenvalue weighted by atomic mass is 10.1. The van der Waals surface area contributed by atoms with E-state index in [0.29, 0.717) is 19.1 Å². The summed E-state index contributed by atoms with van der Waals surface area (Å²) in [6.45, 7) is 6.18. The average molecular weight is 275 g/mol. The number of nitrogens with zero attached hydrogens (tertiary/aromatic N) is 1. The van der Waals surface area contributed by atoms with E-state index in [-0.39, 0.29) is 5.91 Å². The van der Waals surface area contributed by atoms with Crippen LogP contribution in [0.5, 0.6) is 0 Å². The molecule has 1 aliphatic carbocycles. The highest BCUT2D eigenvalue weighted by Gasteiger charge is 2.22. The minimum absolute atomic E-state index is 0.111. The summed E-state index contributed by atoms with van der Waals surface area (Å²) in [6, 6.07) is 8.15. The monoisotopic (exact) mass is 275 g/mol. The van der Waals surface area contributed by atoms with Crippen LogP contribution in [0.2, 0.25) is 0 Å². The normalized spacial score (nSPS) is 14.8. The minimum Gasteiger partial charge on any atom is -0.398 e. The molecule has 1 saturated carbocycles. The van der Waals surface area contributed by atoms with E-state index in [4.69, 9.17) is 5.73 Å². The number of carbonyl (C=O) groups is 1. The van der Waals surface area contributed by atoms with E-state index in [0.717, 1.165) is 23.7 Å². The Balaban J connectivity index is 1.89. The molecule has 0 radical (unpaired) electrons. The van der Waals surface area contributed by atoms with Crippen LogP contribution in [0.15, 0.2) is 24.3 Å². The number of hydrogen-bond donors (Lipinski definition) is 2. The van der Waals surface area contributed by atoms with Gasteiger partial charge in [0, 0.05) is 24.8 Å². The number of hydrogen-bond acceptors (Lipinski definition) is 3. The summed E-state index contributed by atoms with van der Waals surface area (Å²) < 4.78 is 0. The van der Waals surface area contributed by atoms with Crippen molar-refractivity contribution in [2.75, 3.05) is 18.8 Å². The Kier molecular flexibility index (Phi) is 5.01. The molecule has 0 aliphatic heterocycles. The molecule has 20 heavy (non-hydrogen) atoms. The van der Waals surface area contributed by atoms with Crippen LogP contribution in [0.3, 0.4) is 0 Å². The second-order valence-corrected chi connectivity index (χ2v) is 5.94. The fourth-order valence-electron chi connectivity index (χ4n) is 2.14. The predicted octanol–water partition coefficient (Wildman–Crippen LogP) is 2.01. The molecule has 0 bridgehead atoms. The summed E-state index contributed by atoms with van der Waals surface area (Å²) in [5.41, 5.74) is 7.85. The van der Waals surface area contributed by atoms with Gasteiger partial charge in [-0.2, -0.15) is 0 Å². The molecular formula is C16H25N3O. The van der Waals surface area contributed by atoms with Crippen molar-refractivity contribution in [2.24, 2.45) is 5.92 Å². The molecule has 0 heterocycles. The van der Waals surface area contributed by atoms with E-state index >= 15 is 0 Å². The third kappa shape index (κ3) is 4.53. The lowest BCUT2D eigenvalue weighted by Gasteiger charge is -2.26. The molecule has 1 aliphatic rings. The molecule has 4 nitrogen and oxygen atoms in total. The van der Waals surface area contributed by atoms with E-state index in [1.807, 2.05) is 24.3 Å². The largest absolute Gasteiger partial charge is 0.398 e. The van der Waals surface area contributed by atoms with Crippen molar-refractivity contribution in [2.45, 2.75) is 39.3 Å². The summed E-state index contributed by atoms with van der Waals surface area (Å²) >= 11 is 0. The molecular weight excluding hydrogens is 250 g/mol. The van der Waals surface area contributed by atoms with E-state index in [2.05, 4.69) is 24.1 Å². The second kappa shape index (κ2) is 6.75. The van der Waals surface area contributed by atoms with Gasteiger partial charge >= 0.3 is 0 Å². The SMILES string of the molecule is CC(C)N(CC(=O)NCC1CC1)Cc1ccccc1N. The number of rotatable bonds is 7. The lowest BCUT2D eigenvalue weighted by molar-refractivity contribution is -0.122. The highest BCUT2D eigenvalue weighted by molar-refractivity contribution is 5.78. The average Bonchev–Trinajstić information content (AvgIpc) is 3.22. The number of para-hydroxylation sites is 1. The molecule has 3 N–H and O–H groups in total. The van der Waals surface area contributed by atoms with Crippen molar-refractivity contribution in [3.63, 3.8) is 0 Å². The highest BCUT2D eigenvalue weighted by atomic mass is 16.2. The molecule has 2 rings (SSSR count). The van der Waals surface area contributed by atoms with Crippen LogP contribution in [0.4, 0.5) is 5.69 Å². The van der Waals surface area contributed by atoms with Gasteiger partial charge in [0.15, 0.2) is 0 Å². The molecule has 1 fully saturated rings. The van der Waals surface area contributed by atoms with Crippen molar-refractivity contribution in [1.29, 1.82) is 0 Å². The zero-order valence-electron chi connectivity index (χ0n) is 12.4. The third-order valence-corrected chi connectivity index (χ3v) is 3.79. The Hall–Kier alpha value is -1.55. The zero-order valence-corrected chi connectivity index (χ0v) is 12.4. The number of benzene rings is 1. The Morgan fingerprint density at radius 2 is 2.10 bits per heavy atom. The summed E-state index contributed by atoms with van der Waals surface area (Å²) in [5.74, 6) is 0.830. The summed E-state index contributed by atoms with van der Waals surface area (Å²) in [5, 5.41) is 3.02. The molecule has 0 unspecified atom stereocenters. The van der Waals surface area contributed by atoms with Crippen LogP contribution in [-0.2, 0) is 11.3 Å². The summed E-state index contributed by atoms with van der Waals surface area (Å²) in [6.07, 6.45) is 2.52. The number of carbonyl (C=O) groups excluding carboxylic acids is 1. The molecule has 1 aromatic carbocycles. The van der Waals surface area contributed by atoms with Gasteiger partial charge in [0.25, 0.3) is 0 Å². The minimum atomic E-state index is 0.111. The van der Waals surface area contributed by atoms with Crippen molar-refractivity contribution >= 4 is 11.6 Å². The van der Waals surface area contributed by atoms with Crippen molar-refractivity contribution < 1.29 is 4.79 Å². The molecule has 0 saturated heterocycles. The molecule has 1 amide bonds. The molecule has 0 atom stereocenters. The number of nitrogens with two attached hydrogens (primary N) is 1. The first-order chi connectivity index (χ1) is 9.56. The number of nitrogen functional groups attached to an aromatic ring is 1. The number of anilines is 1. The summed E-state index contributed by atoms with van der Waals surface area (Å²) in [4.78, 5) is 14.1. The first-order valence-corrected chi connectivity index (χ1v) is 7.40. The van der Waals surface area contributed by atoms with Gasteiger partial charge in [0.05, 0.1) is 6.54 Å². The van der Waals surface area contributed by atoms with Crippen LogP contribution < -0.4 is 11.1 Å². The molecule has 4 heteroatoms. The Morgan fingerprint density at radius 3 is 2.70 bits per heavy atom. The second-order valence-electron chi connectivity index (χ2n) is 5.94. The Labute approximate surface area is 121 Å². The van der Waals surface area contributed by atoms with Crippen LogP contribution >= 0.6 is 0 Å². The standard InChI is InChI=1S/C16H25N3O/c1-12(2)19(10-14-5-3-4-6-15(14)17)11-16(20)18-9-13-7-8-13/h3-6,12-13H,7-11,17H2,1-2H3,(H,18,20). The Morgan fingerprint density at radius 1 is 1.40 bits per heavy atom. The molecule has 110 valence electrons. The van der Waals surface area contributed by atoms with Gasteiger partial charge in [-0.3, -0.25) is 9.69 Å². The van der Waals surface area contributed by atoms with Gasteiger partial charge in [-0.05, 0) is 44.2 Å². The summed E-state index contributed by atoms with van der Waals surface area (Å²) in [7, 11) is 0. The van der Waals surface area contributed by atoms with Crippen molar-refractivity contribution in [3.8, 4) is 0 Å². The van der Waals surface area contributed by atoms with E-state index in [9.17, 15) is 4.79 Å². The fraction of sp³-hybridized carbons (Fsp3) is 0.562. The van der Waals surface area contributed by atoms with Gasteiger partial charge in [-0.25, -0.2) is 0 Å². The van der Waals surface area contributed by atoms with Gasteiger partial charge in [-0.1, -0.05) is 18.2 Å². The lowest BCUT2D eigenvalue weighted by Crippen LogP contribution is -2.41. The van der Waals surface area contributed by atoms with Crippen LogP contribution in [0.1, 0.15) is 32.3 Å². The van der Waals surface area contributed by atoms with Crippen LogP contribution in [-0.4, -0.2) is 29.9 Å². The zero-order chi connectivity index (χ0) is 14.5.